The Kier molecular flexibility index (Phi) is 5.84. The summed E-state index contributed by atoms with van der Waals surface area (Å²) in [6.07, 6.45) is -0.563. The molecule has 1 atom stereocenters. The van der Waals surface area contributed by atoms with Gasteiger partial charge in [0.15, 0.2) is 6.29 Å². The summed E-state index contributed by atoms with van der Waals surface area (Å²) in [4.78, 5) is 0. The highest BCUT2D eigenvalue weighted by molar-refractivity contribution is 9.11. The molecule has 2 aromatic heterocycles. The first kappa shape index (κ1) is 18.4. The van der Waals surface area contributed by atoms with E-state index in [9.17, 15) is 8.42 Å². The molecule has 23 heavy (non-hydrogen) atoms. The average Bonchev–Trinajstić information content (AvgIpc) is 3.08. The Bertz CT molecular complexity index is 771. The van der Waals surface area contributed by atoms with E-state index in [-0.39, 0.29) is 16.8 Å². The summed E-state index contributed by atoms with van der Waals surface area (Å²) in [6.45, 7) is 4.91. The molecule has 0 fully saturated rings. The van der Waals surface area contributed by atoms with E-state index in [1.807, 2.05) is 0 Å². The predicted octanol–water partition coefficient (Wildman–Crippen LogP) is 3.28. The zero-order valence-corrected chi connectivity index (χ0v) is 16.3. The highest BCUT2D eigenvalue weighted by Gasteiger charge is 2.32. The zero-order chi connectivity index (χ0) is 17.2. The van der Waals surface area contributed by atoms with Crippen molar-refractivity contribution in [2.45, 2.75) is 31.3 Å². The fourth-order valence-corrected chi connectivity index (χ4v) is 5.11. The topological polar surface area (TPSA) is 81.9 Å². The summed E-state index contributed by atoms with van der Waals surface area (Å²) in [7, 11) is -2.36. The molecule has 0 N–H and O–H groups in total. The van der Waals surface area contributed by atoms with Crippen molar-refractivity contribution < 1.29 is 22.4 Å². The molecule has 0 amide bonds. The summed E-state index contributed by atoms with van der Waals surface area (Å²) < 4.78 is 43.4. The van der Waals surface area contributed by atoms with Crippen LogP contribution in [0.3, 0.4) is 0 Å². The number of halogens is 1. The molecule has 0 bridgehead atoms. The summed E-state index contributed by atoms with van der Waals surface area (Å²) in [5, 5.41) is 3.82. The van der Waals surface area contributed by atoms with Crippen molar-refractivity contribution in [2.75, 3.05) is 18.1 Å². The van der Waals surface area contributed by atoms with Gasteiger partial charge in [0.1, 0.15) is 10.9 Å². The summed E-state index contributed by atoms with van der Waals surface area (Å²) >= 11 is 4.38. The maximum atomic E-state index is 12.9. The van der Waals surface area contributed by atoms with Crippen LogP contribution in [-0.4, -0.2) is 33.7 Å². The highest BCUT2D eigenvalue weighted by atomic mass is 79.9. The summed E-state index contributed by atoms with van der Waals surface area (Å²) in [5.74, 6) is 0.135. The van der Waals surface area contributed by atoms with Crippen LogP contribution < -0.4 is 4.31 Å². The second kappa shape index (κ2) is 7.31. The van der Waals surface area contributed by atoms with E-state index in [0.717, 1.165) is 15.6 Å². The highest BCUT2D eigenvalue weighted by Crippen LogP contribution is 2.33. The number of sulfonamides is 1. The van der Waals surface area contributed by atoms with Crippen LogP contribution in [0.25, 0.3) is 0 Å². The smallest absolute Gasteiger partial charge is 0.278 e. The Morgan fingerprint density at radius 1 is 1.43 bits per heavy atom. The molecular formula is C13H17BrN2O5S2. The average molecular weight is 425 g/mol. The van der Waals surface area contributed by atoms with E-state index in [0.29, 0.717) is 15.0 Å². The molecule has 2 rings (SSSR count). The number of methoxy groups -OCH3 is 1. The van der Waals surface area contributed by atoms with Gasteiger partial charge in [-0.2, -0.15) is 0 Å². The fraction of sp³-hybridized carbons (Fsp3) is 0.462. The number of hydrogen-bond donors (Lipinski definition) is 0. The maximum absolute atomic E-state index is 12.9. The molecule has 10 heteroatoms. The predicted molar refractivity (Wildman–Crippen MR) is 90.1 cm³/mol. The second-order valence-corrected chi connectivity index (χ2v) is 9.26. The maximum Gasteiger partial charge on any atom is 0.278 e. The standard InChI is InChI=1S/C13H17BrN2O5S2/c1-8-9(2)15-21-13(8)16(7-20-10(3)19-4)23(17,18)12-6-5-11(14)22-12/h5-6,10H,7H2,1-4H3. The molecule has 128 valence electrons. The van der Waals surface area contributed by atoms with Crippen LogP contribution in [0.4, 0.5) is 5.88 Å². The van der Waals surface area contributed by atoms with Gasteiger partial charge in [-0.15, -0.1) is 11.3 Å². The largest absolute Gasteiger partial charge is 0.356 e. The summed E-state index contributed by atoms with van der Waals surface area (Å²) in [6, 6.07) is 3.20. The van der Waals surface area contributed by atoms with Crippen LogP contribution in [0.15, 0.2) is 24.7 Å². The Labute approximate surface area is 147 Å². The number of aromatic nitrogens is 1. The van der Waals surface area contributed by atoms with Gasteiger partial charge in [-0.3, -0.25) is 0 Å². The van der Waals surface area contributed by atoms with Gasteiger partial charge in [-0.1, -0.05) is 5.16 Å². The fourth-order valence-electron chi connectivity index (χ4n) is 1.66. The first-order valence-corrected chi connectivity index (χ1v) is 9.67. The third-order valence-corrected chi connectivity index (χ3v) is 7.01. The third kappa shape index (κ3) is 3.94. The van der Waals surface area contributed by atoms with Gasteiger partial charge in [0.25, 0.3) is 10.0 Å². The van der Waals surface area contributed by atoms with Crippen molar-refractivity contribution in [1.29, 1.82) is 0 Å². The second-order valence-electron chi connectivity index (χ2n) is 4.71. The SMILES string of the molecule is COC(C)OCN(c1onc(C)c1C)S(=O)(=O)c1ccc(Br)s1. The first-order valence-electron chi connectivity index (χ1n) is 6.62. The van der Waals surface area contributed by atoms with Gasteiger partial charge < -0.3 is 14.0 Å². The minimum atomic E-state index is -3.84. The van der Waals surface area contributed by atoms with Crippen molar-refractivity contribution in [3.05, 3.63) is 27.2 Å². The Hall–Kier alpha value is -0.940. The number of thiophene rings is 1. The molecule has 0 saturated carbocycles. The van der Waals surface area contributed by atoms with Gasteiger partial charge in [0.05, 0.1) is 9.48 Å². The molecule has 0 saturated heterocycles. The van der Waals surface area contributed by atoms with Gasteiger partial charge in [-0.05, 0) is 48.8 Å². The van der Waals surface area contributed by atoms with E-state index in [1.54, 1.807) is 26.8 Å². The minimum Gasteiger partial charge on any atom is -0.356 e. The number of hydrogen-bond acceptors (Lipinski definition) is 7. The van der Waals surface area contributed by atoms with E-state index < -0.39 is 16.3 Å². The first-order chi connectivity index (χ1) is 10.8. The van der Waals surface area contributed by atoms with Gasteiger partial charge in [0, 0.05) is 12.7 Å². The Morgan fingerprint density at radius 2 is 2.13 bits per heavy atom. The summed E-state index contributed by atoms with van der Waals surface area (Å²) in [5.41, 5.74) is 1.25. The van der Waals surface area contributed by atoms with Crippen LogP contribution in [0.1, 0.15) is 18.2 Å². The molecule has 0 radical (unpaired) electrons. The molecule has 0 aliphatic rings. The number of anilines is 1. The minimum absolute atomic E-state index is 0.135. The van der Waals surface area contributed by atoms with Crippen LogP contribution in [0, 0.1) is 13.8 Å². The van der Waals surface area contributed by atoms with Crippen molar-refractivity contribution in [3.63, 3.8) is 0 Å². The number of nitrogens with zero attached hydrogens (tertiary/aromatic N) is 2. The molecular weight excluding hydrogens is 408 g/mol. The van der Waals surface area contributed by atoms with E-state index >= 15 is 0 Å². The lowest BCUT2D eigenvalue weighted by molar-refractivity contribution is -0.108. The van der Waals surface area contributed by atoms with E-state index in [2.05, 4.69) is 21.1 Å². The normalized spacial score (nSPS) is 13.3. The van der Waals surface area contributed by atoms with Gasteiger partial charge >= 0.3 is 0 Å². The molecule has 0 aliphatic carbocycles. The molecule has 0 spiro atoms. The molecule has 2 aromatic rings. The van der Waals surface area contributed by atoms with Crippen molar-refractivity contribution in [2.24, 2.45) is 0 Å². The van der Waals surface area contributed by atoms with Crippen molar-refractivity contribution >= 4 is 43.2 Å². The molecule has 0 aromatic carbocycles. The van der Waals surface area contributed by atoms with Crippen molar-refractivity contribution in [1.82, 2.24) is 5.16 Å². The molecule has 1 unspecified atom stereocenters. The molecule has 0 aliphatic heterocycles. The Balaban J connectivity index is 2.42. The van der Waals surface area contributed by atoms with Crippen LogP contribution in [-0.2, 0) is 19.5 Å². The number of rotatable bonds is 7. The van der Waals surface area contributed by atoms with Crippen LogP contribution in [0.2, 0.25) is 0 Å². The zero-order valence-electron chi connectivity index (χ0n) is 13.1. The number of aryl methyl sites for hydroxylation is 1. The molecule has 7 nitrogen and oxygen atoms in total. The number of ether oxygens (including phenoxy) is 2. The lowest BCUT2D eigenvalue weighted by atomic mass is 10.3. The van der Waals surface area contributed by atoms with Gasteiger partial charge in [0.2, 0.25) is 5.88 Å². The monoisotopic (exact) mass is 424 g/mol. The van der Waals surface area contributed by atoms with Gasteiger partial charge in [-0.25, -0.2) is 12.7 Å². The van der Waals surface area contributed by atoms with E-state index in [1.165, 1.54) is 13.2 Å². The van der Waals surface area contributed by atoms with Crippen LogP contribution in [0.5, 0.6) is 0 Å². The Morgan fingerprint density at radius 3 is 2.61 bits per heavy atom. The quantitative estimate of drug-likeness (QED) is 0.634. The lowest BCUT2D eigenvalue weighted by Crippen LogP contribution is -2.34. The lowest BCUT2D eigenvalue weighted by Gasteiger charge is -2.22. The van der Waals surface area contributed by atoms with Crippen molar-refractivity contribution in [3.8, 4) is 0 Å². The van der Waals surface area contributed by atoms with Crippen LogP contribution >= 0.6 is 27.3 Å². The third-order valence-electron chi connectivity index (χ3n) is 3.21. The van der Waals surface area contributed by atoms with E-state index in [4.69, 9.17) is 14.0 Å². The molecule has 2 heterocycles.